The zero-order valence-electron chi connectivity index (χ0n) is 17.0. The van der Waals surface area contributed by atoms with Gasteiger partial charge in [-0.25, -0.2) is 0 Å². The van der Waals surface area contributed by atoms with E-state index in [0.717, 1.165) is 22.4 Å². The van der Waals surface area contributed by atoms with E-state index in [2.05, 4.69) is 28.3 Å². The van der Waals surface area contributed by atoms with Crippen molar-refractivity contribution in [3.05, 3.63) is 58.8 Å². The molecule has 0 aliphatic rings. The highest BCUT2D eigenvalue weighted by Gasteiger charge is 2.06. The first kappa shape index (κ1) is 23.0. The van der Waals surface area contributed by atoms with Crippen molar-refractivity contribution in [2.24, 2.45) is 4.99 Å². The lowest BCUT2D eigenvalue weighted by Crippen LogP contribution is -2.26. The minimum absolute atomic E-state index is 0.0192. The van der Waals surface area contributed by atoms with Crippen LogP contribution in [0.3, 0.4) is 0 Å². The molecule has 0 saturated carbocycles. The maximum atomic E-state index is 12.3. The van der Waals surface area contributed by atoms with Crippen molar-refractivity contribution in [1.82, 2.24) is 5.32 Å². The Morgan fingerprint density at radius 3 is 2.61 bits per heavy atom. The van der Waals surface area contributed by atoms with Gasteiger partial charge in [0.1, 0.15) is 5.70 Å². The number of anilines is 1. The molecule has 0 radical (unpaired) electrons. The number of ketones is 1. The van der Waals surface area contributed by atoms with Gasteiger partial charge in [-0.2, -0.15) is 0 Å². The Morgan fingerprint density at radius 1 is 1.29 bits per heavy atom. The number of aliphatic hydroxyl groups is 1. The molecule has 6 heteroatoms. The summed E-state index contributed by atoms with van der Waals surface area (Å²) >= 11 is 0. The summed E-state index contributed by atoms with van der Waals surface area (Å²) in [6.45, 7) is 9.39. The van der Waals surface area contributed by atoms with Crippen LogP contribution in [0.2, 0.25) is 0 Å². The predicted octanol–water partition coefficient (Wildman–Crippen LogP) is 2.96. The van der Waals surface area contributed by atoms with E-state index < -0.39 is 5.91 Å². The molecule has 0 atom stereocenters. The number of allylic oxidation sites excluding steroid dienone is 3. The van der Waals surface area contributed by atoms with E-state index in [4.69, 9.17) is 5.11 Å². The van der Waals surface area contributed by atoms with Gasteiger partial charge in [-0.05, 0) is 55.2 Å². The Labute approximate surface area is 166 Å². The largest absolute Gasteiger partial charge is 0.395 e. The third-order valence-electron chi connectivity index (χ3n) is 4.11. The summed E-state index contributed by atoms with van der Waals surface area (Å²) in [6, 6.07) is 4.10. The average molecular weight is 383 g/mol. The van der Waals surface area contributed by atoms with Gasteiger partial charge in [0.25, 0.3) is 5.91 Å². The number of benzene rings is 1. The molecule has 0 fully saturated rings. The highest BCUT2D eigenvalue weighted by molar-refractivity contribution is 6.01. The van der Waals surface area contributed by atoms with Crippen LogP contribution in [0, 0.1) is 13.8 Å². The summed E-state index contributed by atoms with van der Waals surface area (Å²) in [4.78, 5) is 28.0. The van der Waals surface area contributed by atoms with Gasteiger partial charge in [0.2, 0.25) is 0 Å². The smallest absolute Gasteiger partial charge is 0.269 e. The molecule has 0 unspecified atom stereocenters. The molecule has 1 amide bonds. The number of carbonyl (C=O) groups is 2. The van der Waals surface area contributed by atoms with Crippen LogP contribution in [0.5, 0.6) is 0 Å². The van der Waals surface area contributed by atoms with E-state index in [0.29, 0.717) is 5.57 Å². The molecule has 0 spiro atoms. The SMILES string of the molecule is C=C(/N=C\C(=C/C)CC(=O)/C=C/c1cc(C)cc(NC)c1C)C(=O)NCCO. The monoisotopic (exact) mass is 383 g/mol. The Kier molecular flexibility index (Phi) is 9.60. The summed E-state index contributed by atoms with van der Waals surface area (Å²) in [6.07, 6.45) is 6.78. The van der Waals surface area contributed by atoms with Crippen LogP contribution >= 0.6 is 0 Å². The van der Waals surface area contributed by atoms with Crippen molar-refractivity contribution in [3.63, 3.8) is 0 Å². The second-order valence-electron chi connectivity index (χ2n) is 6.30. The highest BCUT2D eigenvalue weighted by Crippen LogP contribution is 2.22. The number of nitrogens with zero attached hydrogens (tertiary/aromatic N) is 1. The van der Waals surface area contributed by atoms with Gasteiger partial charge in [0.05, 0.1) is 6.61 Å². The molecule has 28 heavy (non-hydrogen) atoms. The number of aliphatic imine (C=N–C) groups is 1. The Morgan fingerprint density at radius 2 is 2.00 bits per heavy atom. The molecule has 0 aliphatic carbocycles. The number of hydrogen-bond acceptors (Lipinski definition) is 5. The number of nitrogens with one attached hydrogen (secondary N) is 2. The highest BCUT2D eigenvalue weighted by atomic mass is 16.3. The number of rotatable bonds is 10. The minimum Gasteiger partial charge on any atom is -0.395 e. The molecule has 6 nitrogen and oxygen atoms in total. The van der Waals surface area contributed by atoms with Crippen LogP contribution in [0.1, 0.15) is 30.0 Å². The summed E-state index contributed by atoms with van der Waals surface area (Å²) in [5.74, 6) is -0.524. The minimum atomic E-state index is -0.456. The molecule has 1 aromatic rings. The van der Waals surface area contributed by atoms with Crippen molar-refractivity contribution >= 4 is 29.7 Å². The van der Waals surface area contributed by atoms with Crippen molar-refractivity contribution in [2.75, 3.05) is 25.5 Å². The van der Waals surface area contributed by atoms with Crippen LogP contribution in [-0.2, 0) is 9.59 Å². The number of aliphatic hydroxyl groups excluding tert-OH is 1. The van der Waals surface area contributed by atoms with Crippen LogP contribution in [-0.4, -0.2) is 43.2 Å². The quantitative estimate of drug-likeness (QED) is 0.428. The van der Waals surface area contributed by atoms with Gasteiger partial charge in [-0.3, -0.25) is 14.6 Å². The van der Waals surface area contributed by atoms with Gasteiger partial charge in [0, 0.05) is 31.9 Å². The van der Waals surface area contributed by atoms with E-state index in [1.165, 1.54) is 6.21 Å². The topological polar surface area (TPSA) is 90.8 Å². The zero-order chi connectivity index (χ0) is 21.1. The molecular formula is C22H29N3O3. The van der Waals surface area contributed by atoms with Gasteiger partial charge < -0.3 is 15.7 Å². The zero-order valence-corrected chi connectivity index (χ0v) is 17.0. The summed E-state index contributed by atoms with van der Waals surface area (Å²) in [7, 11) is 1.87. The van der Waals surface area contributed by atoms with E-state index in [1.54, 1.807) is 19.1 Å². The lowest BCUT2D eigenvalue weighted by atomic mass is 10.0. The van der Waals surface area contributed by atoms with E-state index in [1.807, 2.05) is 33.0 Å². The fraction of sp³-hybridized carbons (Fsp3) is 0.318. The Bertz CT molecular complexity index is 821. The Hall–Kier alpha value is -2.99. The first-order valence-electron chi connectivity index (χ1n) is 9.09. The maximum absolute atomic E-state index is 12.3. The molecule has 0 heterocycles. The normalized spacial score (nSPS) is 11.8. The number of carbonyl (C=O) groups excluding carboxylic acids is 2. The molecular weight excluding hydrogens is 354 g/mol. The summed E-state index contributed by atoms with van der Waals surface area (Å²) < 4.78 is 0. The van der Waals surface area contributed by atoms with Crippen molar-refractivity contribution in [1.29, 1.82) is 0 Å². The standard InChI is InChI=1S/C22H29N3O3/c1-6-18(14-25-17(4)22(28)24-9-10-26)13-20(27)8-7-19-11-15(2)12-21(23-5)16(19)3/h6-8,11-12,14,23,26H,4,9-10,13H2,1-3,5H3,(H,24,28)/b8-7+,18-6-,25-14-. The van der Waals surface area contributed by atoms with Gasteiger partial charge in [0.15, 0.2) is 5.78 Å². The summed E-state index contributed by atoms with van der Waals surface area (Å²) in [5.41, 5.74) is 4.92. The number of aryl methyl sites for hydroxylation is 1. The molecule has 0 aliphatic heterocycles. The maximum Gasteiger partial charge on any atom is 0.269 e. The van der Waals surface area contributed by atoms with Crippen LogP contribution in [0.25, 0.3) is 6.08 Å². The lowest BCUT2D eigenvalue weighted by molar-refractivity contribution is -0.117. The first-order valence-corrected chi connectivity index (χ1v) is 9.09. The fourth-order valence-electron chi connectivity index (χ4n) is 2.48. The van der Waals surface area contributed by atoms with Crippen molar-refractivity contribution in [3.8, 4) is 0 Å². The second-order valence-corrected chi connectivity index (χ2v) is 6.30. The lowest BCUT2D eigenvalue weighted by Gasteiger charge is -2.10. The fourth-order valence-corrected chi connectivity index (χ4v) is 2.48. The third-order valence-corrected chi connectivity index (χ3v) is 4.11. The number of amides is 1. The van der Waals surface area contributed by atoms with Gasteiger partial charge in [-0.1, -0.05) is 24.8 Å². The molecule has 0 aromatic heterocycles. The second kappa shape index (κ2) is 11.7. The Balaban J connectivity index is 2.77. The summed E-state index contributed by atoms with van der Waals surface area (Å²) in [5, 5.41) is 14.3. The van der Waals surface area contributed by atoms with Gasteiger partial charge >= 0.3 is 0 Å². The number of hydrogen-bond donors (Lipinski definition) is 3. The molecule has 150 valence electrons. The van der Waals surface area contributed by atoms with E-state index in [-0.39, 0.29) is 31.1 Å². The van der Waals surface area contributed by atoms with Crippen LogP contribution in [0.15, 0.2) is 47.1 Å². The molecule has 0 bridgehead atoms. The van der Waals surface area contributed by atoms with Crippen LogP contribution in [0.4, 0.5) is 5.69 Å². The van der Waals surface area contributed by atoms with Crippen LogP contribution < -0.4 is 10.6 Å². The van der Waals surface area contributed by atoms with E-state index >= 15 is 0 Å². The first-order chi connectivity index (χ1) is 13.3. The third kappa shape index (κ3) is 7.32. The predicted molar refractivity (Wildman–Crippen MR) is 116 cm³/mol. The van der Waals surface area contributed by atoms with Crippen molar-refractivity contribution < 1.29 is 14.7 Å². The van der Waals surface area contributed by atoms with Gasteiger partial charge in [-0.15, -0.1) is 0 Å². The van der Waals surface area contributed by atoms with Crippen molar-refractivity contribution in [2.45, 2.75) is 27.2 Å². The average Bonchev–Trinajstić information content (AvgIpc) is 2.68. The molecule has 0 saturated heterocycles. The molecule has 3 N–H and O–H groups in total. The molecule has 1 rings (SSSR count). The molecule has 1 aromatic carbocycles. The van der Waals surface area contributed by atoms with E-state index in [9.17, 15) is 9.59 Å².